The predicted molar refractivity (Wildman–Crippen MR) is 145 cm³/mol. The minimum Gasteiger partial charge on any atom is -0.330 e. The van der Waals surface area contributed by atoms with Crippen LogP contribution in [0.5, 0.6) is 0 Å². The number of nitrogens with one attached hydrogen (secondary N) is 1. The number of nitrogens with zero attached hydrogens (tertiary/aromatic N) is 5. The number of hydrogen-bond acceptors (Lipinski definition) is 8. The molecule has 0 bridgehead atoms. The number of rotatable bonds is 5. The van der Waals surface area contributed by atoms with E-state index in [4.69, 9.17) is 0 Å². The van der Waals surface area contributed by atoms with Crippen LogP contribution < -0.4 is 5.32 Å². The maximum absolute atomic E-state index is 13.4. The lowest BCUT2D eigenvalue weighted by Gasteiger charge is -2.24. The zero-order valence-electron chi connectivity index (χ0n) is 20.4. The van der Waals surface area contributed by atoms with Crippen LogP contribution in [0.3, 0.4) is 0 Å². The molecule has 0 aliphatic carbocycles. The first kappa shape index (κ1) is 23.9. The molecule has 4 aromatic rings. The number of carbonyl (C=O) groups excluding carboxylic acids is 2. The van der Waals surface area contributed by atoms with Gasteiger partial charge in [-0.25, -0.2) is 9.97 Å². The summed E-state index contributed by atoms with van der Waals surface area (Å²) in [5, 5.41) is 6.25. The van der Waals surface area contributed by atoms with Crippen LogP contribution in [0.1, 0.15) is 55.9 Å². The number of benzene rings is 1. The number of thiazole rings is 2. The summed E-state index contributed by atoms with van der Waals surface area (Å²) >= 11 is 3.00. The van der Waals surface area contributed by atoms with Crippen molar-refractivity contribution in [2.24, 2.45) is 0 Å². The molecule has 0 saturated carbocycles. The normalized spacial score (nSPS) is 17.5. The number of aromatic nitrogens is 3. The molecule has 1 saturated heterocycles. The van der Waals surface area contributed by atoms with Crippen molar-refractivity contribution in [3.8, 4) is 10.6 Å². The fourth-order valence-corrected chi connectivity index (χ4v) is 6.82. The molecule has 3 aromatic heterocycles. The monoisotopic (exact) mass is 530 g/mol. The highest BCUT2D eigenvalue weighted by Crippen LogP contribution is 2.35. The van der Waals surface area contributed by atoms with E-state index in [2.05, 4.69) is 32.2 Å². The molecule has 1 fully saturated rings. The van der Waals surface area contributed by atoms with E-state index in [-0.39, 0.29) is 17.9 Å². The van der Waals surface area contributed by atoms with Gasteiger partial charge < -0.3 is 9.80 Å². The maximum atomic E-state index is 13.4. The molecule has 10 heteroatoms. The van der Waals surface area contributed by atoms with E-state index in [1.54, 1.807) is 23.7 Å². The van der Waals surface area contributed by atoms with Gasteiger partial charge >= 0.3 is 0 Å². The molecule has 0 radical (unpaired) electrons. The Morgan fingerprint density at radius 3 is 2.84 bits per heavy atom. The summed E-state index contributed by atoms with van der Waals surface area (Å²) in [7, 11) is 2.10. The molecule has 188 valence electrons. The Bertz CT molecular complexity index is 1450. The van der Waals surface area contributed by atoms with Gasteiger partial charge in [0.2, 0.25) is 0 Å². The fourth-order valence-electron chi connectivity index (χ4n) is 4.94. The second-order valence-corrected chi connectivity index (χ2v) is 11.3. The zero-order chi connectivity index (χ0) is 25.4. The first-order chi connectivity index (χ1) is 18.0. The molecule has 5 heterocycles. The summed E-state index contributed by atoms with van der Waals surface area (Å²) < 4.78 is 0. The number of amides is 2. The average Bonchev–Trinajstić information content (AvgIpc) is 3.68. The summed E-state index contributed by atoms with van der Waals surface area (Å²) in [6.45, 7) is 2.52. The summed E-state index contributed by atoms with van der Waals surface area (Å²) in [5.41, 5.74) is 4.01. The molecular formula is C27H26N6O2S2. The molecule has 37 heavy (non-hydrogen) atoms. The Morgan fingerprint density at radius 1 is 1.11 bits per heavy atom. The summed E-state index contributed by atoms with van der Waals surface area (Å²) in [4.78, 5) is 45.2. The van der Waals surface area contributed by atoms with E-state index < -0.39 is 0 Å². The van der Waals surface area contributed by atoms with Crippen molar-refractivity contribution in [1.29, 1.82) is 0 Å². The molecule has 8 nitrogen and oxygen atoms in total. The van der Waals surface area contributed by atoms with Crippen LogP contribution in [0.4, 0.5) is 5.13 Å². The Labute approximate surface area is 223 Å². The van der Waals surface area contributed by atoms with Crippen molar-refractivity contribution >= 4 is 39.6 Å². The molecule has 1 aromatic carbocycles. The van der Waals surface area contributed by atoms with Crippen molar-refractivity contribution in [3.63, 3.8) is 0 Å². The van der Waals surface area contributed by atoms with Crippen molar-refractivity contribution < 1.29 is 9.59 Å². The topological polar surface area (TPSA) is 91.3 Å². The first-order valence-electron chi connectivity index (χ1n) is 12.3. The van der Waals surface area contributed by atoms with Crippen molar-refractivity contribution in [1.82, 2.24) is 24.8 Å². The highest BCUT2D eigenvalue weighted by atomic mass is 32.1. The molecule has 2 aliphatic heterocycles. The molecule has 0 unspecified atom stereocenters. The Hall–Kier alpha value is -3.47. The van der Waals surface area contributed by atoms with Crippen LogP contribution in [0.25, 0.3) is 10.6 Å². The van der Waals surface area contributed by atoms with E-state index >= 15 is 0 Å². The van der Waals surface area contributed by atoms with Crippen molar-refractivity contribution in [2.45, 2.75) is 31.8 Å². The van der Waals surface area contributed by atoms with E-state index in [0.29, 0.717) is 22.9 Å². The van der Waals surface area contributed by atoms with Crippen LogP contribution in [-0.2, 0) is 13.0 Å². The van der Waals surface area contributed by atoms with Gasteiger partial charge in [0.1, 0.15) is 10.7 Å². The Balaban J connectivity index is 1.18. The third kappa shape index (κ3) is 4.92. The number of anilines is 1. The van der Waals surface area contributed by atoms with E-state index in [1.807, 2.05) is 46.7 Å². The SMILES string of the molecule is CN1CCc2nc(NC(=O)c3cccc([C@H]4CCCN4C(=O)c4csc(-c5ccncc5)n4)c3)sc2C1. The third-order valence-electron chi connectivity index (χ3n) is 6.84. The number of hydrogen-bond donors (Lipinski definition) is 1. The molecule has 0 spiro atoms. The quantitative estimate of drug-likeness (QED) is 0.396. The van der Waals surface area contributed by atoms with Gasteiger partial charge in [-0.1, -0.05) is 12.1 Å². The lowest BCUT2D eigenvalue weighted by molar-refractivity contribution is 0.0730. The number of carbonyl (C=O) groups is 2. The van der Waals surface area contributed by atoms with Gasteiger partial charge in [0.25, 0.3) is 11.8 Å². The summed E-state index contributed by atoms with van der Waals surface area (Å²) in [6, 6.07) is 11.3. The minimum atomic E-state index is -0.182. The van der Waals surface area contributed by atoms with E-state index in [1.165, 1.54) is 16.2 Å². The van der Waals surface area contributed by atoms with Crippen LogP contribution in [0.2, 0.25) is 0 Å². The van der Waals surface area contributed by atoms with E-state index in [9.17, 15) is 9.59 Å². The largest absolute Gasteiger partial charge is 0.330 e. The summed E-state index contributed by atoms with van der Waals surface area (Å²) in [6.07, 6.45) is 6.11. The predicted octanol–water partition coefficient (Wildman–Crippen LogP) is 4.88. The molecule has 1 N–H and O–H groups in total. The number of likely N-dealkylation sites (N-methyl/N-ethyl adjacent to an activating group) is 1. The van der Waals surface area contributed by atoms with Crippen LogP contribution in [-0.4, -0.2) is 56.7 Å². The van der Waals surface area contributed by atoms with Crippen LogP contribution in [0, 0.1) is 0 Å². The number of likely N-dealkylation sites (tertiary alicyclic amines) is 1. The van der Waals surface area contributed by atoms with Gasteiger partial charge in [0.05, 0.1) is 11.7 Å². The minimum absolute atomic E-state index is 0.0766. The van der Waals surface area contributed by atoms with E-state index in [0.717, 1.165) is 54.2 Å². The highest BCUT2D eigenvalue weighted by molar-refractivity contribution is 7.16. The smallest absolute Gasteiger partial charge is 0.273 e. The summed E-state index contributed by atoms with van der Waals surface area (Å²) in [5.74, 6) is -0.258. The van der Waals surface area contributed by atoms with Crippen molar-refractivity contribution in [2.75, 3.05) is 25.5 Å². The van der Waals surface area contributed by atoms with Crippen LogP contribution >= 0.6 is 22.7 Å². The molecular weight excluding hydrogens is 504 g/mol. The van der Waals surface area contributed by atoms with Crippen molar-refractivity contribution in [3.05, 3.63) is 81.6 Å². The second-order valence-electron chi connectivity index (χ2n) is 9.39. The van der Waals surface area contributed by atoms with Gasteiger partial charge in [-0.3, -0.25) is 19.9 Å². The lowest BCUT2D eigenvalue weighted by Crippen LogP contribution is -2.31. The number of pyridine rings is 1. The number of fused-ring (bicyclic) bond motifs is 1. The zero-order valence-corrected chi connectivity index (χ0v) is 22.0. The molecule has 6 rings (SSSR count). The van der Waals surface area contributed by atoms with Gasteiger partial charge in [0.15, 0.2) is 5.13 Å². The Kier molecular flexibility index (Phi) is 6.54. The first-order valence-corrected chi connectivity index (χ1v) is 14.0. The van der Waals surface area contributed by atoms with Crippen LogP contribution in [0.15, 0.2) is 54.2 Å². The highest BCUT2D eigenvalue weighted by Gasteiger charge is 2.32. The molecule has 1 atom stereocenters. The van der Waals surface area contributed by atoms with Gasteiger partial charge in [-0.05, 0) is 49.7 Å². The standard InChI is InChI=1S/C27H26N6O2S2/c1-32-13-9-20-23(15-32)37-27(30-20)31-24(34)19-5-2-4-18(14-19)22-6-3-12-33(22)26(35)21-16-36-25(29-21)17-7-10-28-11-8-17/h2,4-5,7-8,10-11,14,16,22H,3,6,9,12-13,15H2,1H3,(H,30,31,34)/t22-/m1/s1. The molecule has 2 amide bonds. The third-order valence-corrected chi connectivity index (χ3v) is 8.73. The van der Waals surface area contributed by atoms with Gasteiger partial charge in [-0.15, -0.1) is 22.7 Å². The average molecular weight is 531 g/mol. The van der Waals surface area contributed by atoms with Gasteiger partial charge in [-0.2, -0.15) is 0 Å². The fraction of sp³-hybridized carbons (Fsp3) is 0.296. The second kappa shape index (κ2) is 10.1. The maximum Gasteiger partial charge on any atom is 0.273 e. The molecule has 2 aliphatic rings. The van der Waals surface area contributed by atoms with Gasteiger partial charge in [0, 0.05) is 59.8 Å². The Morgan fingerprint density at radius 2 is 1.97 bits per heavy atom. The lowest BCUT2D eigenvalue weighted by atomic mass is 10.0.